The van der Waals surface area contributed by atoms with Gasteiger partial charge in [0.05, 0.1) is 0 Å². The van der Waals surface area contributed by atoms with E-state index in [0.717, 1.165) is 70.0 Å². The van der Waals surface area contributed by atoms with Crippen LogP contribution in [0.1, 0.15) is 58.2 Å². The van der Waals surface area contributed by atoms with Crippen LogP contribution in [0.25, 0.3) is 0 Å². The van der Waals surface area contributed by atoms with E-state index in [1.807, 2.05) is 0 Å². The molecule has 0 aliphatic rings. The van der Waals surface area contributed by atoms with Gasteiger partial charge >= 0.3 is 0 Å². The van der Waals surface area contributed by atoms with Crippen molar-refractivity contribution in [2.75, 3.05) is 39.3 Å². The molecule has 0 fully saturated rings. The third kappa shape index (κ3) is 6.61. The smallest absolute Gasteiger partial charge is 0.124 e. The van der Waals surface area contributed by atoms with Gasteiger partial charge in [-0.2, -0.15) is 0 Å². The quantitative estimate of drug-likeness (QED) is 0.619. The topological polar surface area (TPSA) is 30.0 Å². The third-order valence-corrected chi connectivity index (χ3v) is 5.20. The van der Waals surface area contributed by atoms with Crippen LogP contribution in [0.4, 0.5) is 0 Å². The highest BCUT2D eigenvalue weighted by atomic mass is 16.3. The lowest BCUT2D eigenvalue weighted by atomic mass is 10.0. The standard InChI is InChI=1S/C21H39N3O/c1-7-22(8-2)15-18-13-19(16-23(9-3)10-4)21(25)20(14-18)17-24(11-5)12-6/h13-14,25H,7-12,15-17H2,1-6H3. The normalized spacial score (nSPS) is 11.9. The van der Waals surface area contributed by atoms with E-state index >= 15 is 0 Å². The average Bonchev–Trinajstić information content (AvgIpc) is 2.64. The minimum Gasteiger partial charge on any atom is -0.507 e. The zero-order chi connectivity index (χ0) is 18.8. The van der Waals surface area contributed by atoms with Crippen LogP contribution in [-0.2, 0) is 19.6 Å². The molecule has 0 aromatic heterocycles. The molecule has 1 rings (SSSR count). The van der Waals surface area contributed by atoms with Crippen molar-refractivity contribution in [2.45, 2.75) is 61.2 Å². The van der Waals surface area contributed by atoms with Crippen LogP contribution >= 0.6 is 0 Å². The molecule has 0 aliphatic carbocycles. The monoisotopic (exact) mass is 349 g/mol. The maximum atomic E-state index is 10.9. The van der Waals surface area contributed by atoms with Crippen LogP contribution in [-0.4, -0.2) is 59.1 Å². The van der Waals surface area contributed by atoms with Crippen LogP contribution in [0.2, 0.25) is 0 Å². The molecule has 25 heavy (non-hydrogen) atoms. The van der Waals surface area contributed by atoms with E-state index in [0.29, 0.717) is 5.75 Å². The van der Waals surface area contributed by atoms with Crippen molar-refractivity contribution in [3.8, 4) is 5.75 Å². The van der Waals surface area contributed by atoms with E-state index < -0.39 is 0 Å². The Hall–Kier alpha value is -1.10. The van der Waals surface area contributed by atoms with Gasteiger partial charge in [-0.3, -0.25) is 14.7 Å². The minimum atomic E-state index is 0.488. The Balaban J connectivity index is 3.19. The van der Waals surface area contributed by atoms with Gasteiger partial charge in [0.2, 0.25) is 0 Å². The number of hydrogen-bond acceptors (Lipinski definition) is 4. The molecule has 0 saturated heterocycles. The van der Waals surface area contributed by atoms with E-state index in [1.54, 1.807) is 0 Å². The molecule has 1 aromatic carbocycles. The second kappa shape index (κ2) is 11.5. The Morgan fingerprint density at radius 1 is 0.600 bits per heavy atom. The number of nitrogens with zero attached hydrogens (tertiary/aromatic N) is 3. The molecule has 4 nitrogen and oxygen atoms in total. The number of benzene rings is 1. The molecule has 144 valence electrons. The lowest BCUT2D eigenvalue weighted by Gasteiger charge is -2.25. The molecule has 0 aliphatic heterocycles. The number of rotatable bonds is 12. The molecule has 0 spiro atoms. The maximum Gasteiger partial charge on any atom is 0.124 e. The minimum absolute atomic E-state index is 0.488. The van der Waals surface area contributed by atoms with Gasteiger partial charge in [0, 0.05) is 30.8 Å². The molecule has 0 heterocycles. The Bertz CT molecular complexity index is 457. The van der Waals surface area contributed by atoms with Gasteiger partial charge in [-0.25, -0.2) is 0 Å². The number of hydrogen-bond donors (Lipinski definition) is 1. The summed E-state index contributed by atoms with van der Waals surface area (Å²) in [5.74, 6) is 0.488. The average molecular weight is 350 g/mol. The highest BCUT2D eigenvalue weighted by molar-refractivity contribution is 5.44. The predicted molar refractivity (Wildman–Crippen MR) is 108 cm³/mol. The predicted octanol–water partition coefficient (Wildman–Crippen LogP) is 3.92. The number of phenolic OH excluding ortho intramolecular Hbond substituents is 1. The van der Waals surface area contributed by atoms with E-state index in [2.05, 4.69) is 68.4 Å². The molecule has 0 bridgehead atoms. The van der Waals surface area contributed by atoms with Crippen molar-refractivity contribution >= 4 is 0 Å². The number of aromatic hydroxyl groups is 1. The molecule has 4 heteroatoms. The summed E-state index contributed by atoms with van der Waals surface area (Å²) >= 11 is 0. The summed E-state index contributed by atoms with van der Waals surface area (Å²) in [6, 6.07) is 4.41. The first-order valence-electron chi connectivity index (χ1n) is 10.0. The van der Waals surface area contributed by atoms with Crippen LogP contribution in [0.5, 0.6) is 5.75 Å². The van der Waals surface area contributed by atoms with E-state index in [9.17, 15) is 5.11 Å². The van der Waals surface area contributed by atoms with E-state index in [-0.39, 0.29) is 0 Å². The molecule has 0 unspecified atom stereocenters. The molecule has 1 aromatic rings. The second-order valence-corrected chi connectivity index (χ2v) is 6.65. The van der Waals surface area contributed by atoms with E-state index in [4.69, 9.17) is 0 Å². The lowest BCUT2D eigenvalue weighted by molar-refractivity contribution is 0.278. The third-order valence-electron chi connectivity index (χ3n) is 5.20. The first-order chi connectivity index (χ1) is 12.0. The molecule has 0 saturated carbocycles. The van der Waals surface area contributed by atoms with Crippen molar-refractivity contribution < 1.29 is 5.11 Å². The Morgan fingerprint density at radius 3 is 1.24 bits per heavy atom. The summed E-state index contributed by atoms with van der Waals surface area (Å²) in [7, 11) is 0. The molecule has 0 amide bonds. The molecular formula is C21H39N3O. The van der Waals surface area contributed by atoms with Gasteiger partial charge in [0.25, 0.3) is 0 Å². The van der Waals surface area contributed by atoms with Gasteiger partial charge in [0.15, 0.2) is 0 Å². The SMILES string of the molecule is CCN(CC)Cc1cc(CN(CC)CC)c(O)c(CN(CC)CC)c1. The van der Waals surface area contributed by atoms with Gasteiger partial charge < -0.3 is 5.11 Å². The van der Waals surface area contributed by atoms with Gasteiger partial charge in [-0.15, -0.1) is 0 Å². The fourth-order valence-electron chi connectivity index (χ4n) is 3.25. The molecular weight excluding hydrogens is 310 g/mol. The Kier molecular flexibility index (Phi) is 10.1. The van der Waals surface area contributed by atoms with Crippen LogP contribution in [0.3, 0.4) is 0 Å². The van der Waals surface area contributed by atoms with Crippen molar-refractivity contribution in [3.63, 3.8) is 0 Å². The van der Waals surface area contributed by atoms with Crippen LogP contribution < -0.4 is 0 Å². The highest BCUT2D eigenvalue weighted by Gasteiger charge is 2.15. The van der Waals surface area contributed by atoms with Crippen LogP contribution in [0, 0.1) is 0 Å². The van der Waals surface area contributed by atoms with Crippen molar-refractivity contribution in [2.24, 2.45) is 0 Å². The summed E-state index contributed by atoms with van der Waals surface area (Å²) in [5.41, 5.74) is 3.44. The Morgan fingerprint density at radius 2 is 0.920 bits per heavy atom. The first-order valence-corrected chi connectivity index (χ1v) is 10.0. The van der Waals surface area contributed by atoms with E-state index in [1.165, 1.54) is 5.56 Å². The number of phenols is 1. The molecule has 0 atom stereocenters. The van der Waals surface area contributed by atoms with Gasteiger partial charge in [-0.05, 0) is 57.0 Å². The van der Waals surface area contributed by atoms with Crippen LogP contribution in [0.15, 0.2) is 12.1 Å². The largest absolute Gasteiger partial charge is 0.507 e. The fraction of sp³-hybridized carbons (Fsp3) is 0.714. The summed E-state index contributed by atoms with van der Waals surface area (Å²) < 4.78 is 0. The second-order valence-electron chi connectivity index (χ2n) is 6.65. The maximum absolute atomic E-state index is 10.9. The zero-order valence-electron chi connectivity index (χ0n) is 17.3. The summed E-state index contributed by atoms with van der Waals surface area (Å²) in [6.07, 6.45) is 0. The summed E-state index contributed by atoms with van der Waals surface area (Å²) in [4.78, 5) is 7.14. The Labute approximate surface area is 155 Å². The van der Waals surface area contributed by atoms with Crippen molar-refractivity contribution in [3.05, 3.63) is 28.8 Å². The fourth-order valence-corrected chi connectivity index (χ4v) is 3.25. The highest BCUT2D eigenvalue weighted by Crippen LogP contribution is 2.28. The molecule has 0 radical (unpaired) electrons. The summed E-state index contributed by atoms with van der Waals surface area (Å²) in [6.45, 7) is 21.8. The lowest BCUT2D eigenvalue weighted by Crippen LogP contribution is -2.25. The summed E-state index contributed by atoms with van der Waals surface area (Å²) in [5, 5.41) is 10.9. The molecule has 1 N–H and O–H groups in total. The zero-order valence-corrected chi connectivity index (χ0v) is 17.3. The van der Waals surface area contributed by atoms with Gasteiger partial charge in [-0.1, -0.05) is 41.5 Å². The van der Waals surface area contributed by atoms with Crippen molar-refractivity contribution in [1.29, 1.82) is 0 Å². The first kappa shape index (κ1) is 21.9. The van der Waals surface area contributed by atoms with Gasteiger partial charge in [0.1, 0.15) is 5.75 Å². The van der Waals surface area contributed by atoms with Crippen molar-refractivity contribution in [1.82, 2.24) is 14.7 Å².